The first-order valence-corrected chi connectivity index (χ1v) is 15.0. The number of carbonyl (C=O) groups excluding carboxylic acids is 2. The van der Waals surface area contributed by atoms with Crippen LogP contribution in [-0.2, 0) is 14.3 Å². The molecule has 0 bridgehead atoms. The topological polar surface area (TPSA) is 128 Å². The van der Waals surface area contributed by atoms with Crippen molar-refractivity contribution in [2.45, 2.75) is 37.4 Å². The van der Waals surface area contributed by atoms with E-state index in [4.69, 9.17) is 21.3 Å². The van der Waals surface area contributed by atoms with Gasteiger partial charge in [-0.15, -0.1) is 11.3 Å². The number of carboxylic acids is 1. The van der Waals surface area contributed by atoms with E-state index >= 15 is 0 Å². The summed E-state index contributed by atoms with van der Waals surface area (Å²) in [4.78, 5) is 53.0. The molecule has 1 aromatic carbocycles. The number of hydrogen-bond acceptors (Lipinski definition) is 9. The average molecular weight is 617 g/mol. The summed E-state index contributed by atoms with van der Waals surface area (Å²) in [5, 5.41) is 15.3. The van der Waals surface area contributed by atoms with Crippen LogP contribution in [-0.4, -0.2) is 101 Å². The van der Waals surface area contributed by atoms with Crippen LogP contribution in [0.3, 0.4) is 0 Å². The number of carbonyl (C=O) groups is 3. The minimum absolute atomic E-state index is 0.0369. The molecule has 3 fully saturated rings. The van der Waals surface area contributed by atoms with E-state index in [0.29, 0.717) is 74.1 Å². The van der Waals surface area contributed by atoms with Gasteiger partial charge in [-0.05, 0) is 31.4 Å². The Kier molecular flexibility index (Phi) is 7.90. The number of amidine groups is 1. The first-order valence-electron chi connectivity index (χ1n) is 13.8. The normalized spacial score (nSPS) is 26.3. The van der Waals surface area contributed by atoms with Gasteiger partial charge in [0.15, 0.2) is 10.8 Å². The number of nitrogens with zero attached hydrogens (tertiary/aromatic N) is 5. The molecule has 4 aliphatic rings. The molecule has 2 aromatic rings. The molecule has 0 radical (unpaired) electrons. The summed E-state index contributed by atoms with van der Waals surface area (Å²) in [6.45, 7) is 2.53. The highest BCUT2D eigenvalue weighted by atomic mass is 35.5. The lowest BCUT2D eigenvalue weighted by Crippen LogP contribution is -2.53. The number of methoxy groups -OCH3 is 1. The van der Waals surface area contributed by atoms with Crippen LogP contribution < -0.4 is 5.32 Å². The maximum Gasteiger partial charge on any atom is 0.338 e. The monoisotopic (exact) mass is 616 g/mol. The van der Waals surface area contributed by atoms with Gasteiger partial charge < -0.3 is 25.0 Å². The Bertz CT molecular complexity index is 1470. The number of thiazole rings is 1. The molecule has 1 aliphatic carbocycles. The number of benzene rings is 1. The minimum Gasteiger partial charge on any atom is -0.481 e. The maximum absolute atomic E-state index is 13.9. The van der Waals surface area contributed by atoms with Gasteiger partial charge in [-0.2, -0.15) is 0 Å². The van der Waals surface area contributed by atoms with E-state index in [-0.39, 0.29) is 28.7 Å². The first kappa shape index (κ1) is 28.6. The highest BCUT2D eigenvalue weighted by Gasteiger charge is 2.46. The van der Waals surface area contributed by atoms with E-state index in [1.807, 2.05) is 15.2 Å². The number of amides is 2. The first-order chi connectivity index (χ1) is 20.2. The van der Waals surface area contributed by atoms with Crippen molar-refractivity contribution < 1.29 is 28.6 Å². The van der Waals surface area contributed by atoms with Crippen molar-refractivity contribution in [1.29, 1.82) is 0 Å². The Morgan fingerprint density at radius 2 is 2.05 bits per heavy atom. The third kappa shape index (κ3) is 5.36. The number of halogens is 2. The molecule has 2 saturated heterocycles. The summed E-state index contributed by atoms with van der Waals surface area (Å²) in [6, 6.07) is 2.98. The molecular weight excluding hydrogens is 587 g/mol. The highest BCUT2D eigenvalue weighted by Crippen LogP contribution is 2.38. The third-order valence-electron chi connectivity index (χ3n) is 8.47. The van der Waals surface area contributed by atoms with Gasteiger partial charge in [-0.25, -0.2) is 19.0 Å². The molecule has 1 saturated carbocycles. The zero-order valence-electron chi connectivity index (χ0n) is 22.8. The van der Waals surface area contributed by atoms with E-state index in [1.165, 1.54) is 36.6 Å². The zero-order chi connectivity index (χ0) is 29.5. The summed E-state index contributed by atoms with van der Waals surface area (Å²) in [5.74, 6) is -1.83. The molecule has 4 heterocycles. The number of hydrogen-bond donors (Lipinski definition) is 2. The number of esters is 1. The molecule has 3 aliphatic heterocycles. The number of urea groups is 1. The molecule has 1 aromatic heterocycles. The van der Waals surface area contributed by atoms with Crippen LogP contribution in [0.25, 0.3) is 0 Å². The lowest BCUT2D eigenvalue weighted by Gasteiger charge is -2.38. The van der Waals surface area contributed by atoms with Crippen molar-refractivity contribution in [1.82, 2.24) is 25.0 Å². The molecule has 6 rings (SSSR count). The van der Waals surface area contributed by atoms with Crippen LogP contribution in [0.4, 0.5) is 9.18 Å². The van der Waals surface area contributed by atoms with Crippen LogP contribution in [0.2, 0.25) is 5.02 Å². The lowest BCUT2D eigenvalue weighted by atomic mass is 9.95. The molecule has 4 atom stereocenters. The van der Waals surface area contributed by atoms with Gasteiger partial charge in [0, 0.05) is 66.6 Å². The van der Waals surface area contributed by atoms with Gasteiger partial charge in [-0.3, -0.25) is 14.7 Å². The second-order valence-electron chi connectivity index (χ2n) is 10.9. The summed E-state index contributed by atoms with van der Waals surface area (Å²) in [7, 11) is 1.30. The summed E-state index contributed by atoms with van der Waals surface area (Å²) in [6.07, 6.45) is 3.42. The Hall–Kier alpha value is -3.55. The van der Waals surface area contributed by atoms with Gasteiger partial charge in [0.2, 0.25) is 0 Å². The number of aromatic nitrogens is 1. The molecular formula is C28H30ClFN6O5S. The minimum atomic E-state index is -0.852. The summed E-state index contributed by atoms with van der Waals surface area (Å²) < 4.78 is 19.1. The highest BCUT2D eigenvalue weighted by molar-refractivity contribution is 7.11. The van der Waals surface area contributed by atoms with Crippen LogP contribution >= 0.6 is 22.9 Å². The van der Waals surface area contributed by atoms with Crippen LogP contribution in [0.5, 0.6) is 0 Å². The van der Waals surface area contributed by atoms with E-state index in [0.717, 1.165) is 0 Å². The average Bonchev–Trinajstić information content (AvgIpc) is 3.73. The fourth-order valence-corrected chi connectivity index (χ4v) is 7.26. The Morgan fingerprint density at radius 1 is 1.21 bits per heavy atom. The number of aliphatic imine (C=N–C) groups is 1. The Morgan fingerprint density at radius 3 is 2.74 bits per heavy atom. The summed E-state index contributed by atoms with van der Waals surface area (Å²) >= 11 is 7.84. The van der Waals surface area contributed by atoms with Crippen LogP contribution in [0.15, 0.2) is 46.0 Å². The van der Waals surface area contributed by atoms with Crippen molar-refractivity contribution >= 4 is 46.7 Å². The molecule has 2 amide bonds. The van der Waals surface area contributed by atoms with Gasteiger partial charge in [0.25, 0.3) is 0 Å². The third-order valence-corrected chi connectivity index (χ3v) is 9.57. The van der Waals surface area contributed by atoms with Crippen molar-refractivity contribution in [3.8, 4) is 0 Å². The maximum atomic E-state index is 13.9. The molecule has 0 spiro atoms. The van der Waals surface area contributed by atoms with Crippen LogP contribution in [0.1, 0.15) is 35.9 Å². The molecule has 11 nitrogen and oxygen atoms in total. The molecule has 2 N–H and O–H groups in total. The smallest absolute Gasteiger partial charge is 0.338 e. The largest absolute Gasteiger partial charge is 0.481 e. The van der Waals surface area contributed by atoms with Gasteiger partial charge in [0.1, 0.15) is 11.9 Å². The summed E-state index contributed by atoms with van der Waals surface area (Å²) in [5.41, 5.74) is 1.30. The van der Waals surface area contributed by atoms with Crippen LogP contribution in [0, 0.1) is 11.7 Å². The number of piperazine rings is 1. The van der Waals surface area contributed by atoms with E-state index < -0.39 is 29.7 Å². The van der Waals surface area contributed by atoms with Gasteiger partial charge in [0.05, 0.1) is 24.6 Å². The predicted octanol–water partition coefficient (Wildman–Crippen LogP) is 3.13. The van der Waals surface area contributed by atoms with Gasteiger partial charge >= 0.3 is 18.0 Å². The number of carboxylic acid groups (broad SMARTS) is 1. The fourth-order valence-electron chi connectivity index (χ4n) is 6.40. The molecule has 42 heavy (non-hydrogen) atoms. The zero-order valence-corrected chi connectivity index (χ0v) is 24.4. The van der Waals surface area contributed by atoms with E-state index in [2.05, 4.69) is 15.2 Å². The molecule has 0 unspecified atom stereocenters. The van der Waals surface area contributed by atoms with Crippen molar-refractivity contribution in [3.63, 3.8) is 0 Å². The SMILES string of the molecule is COC(=O)C1=C(CN2CCN3C(=O)N([C@H]4CC[C@@H](C(=O)O)C4)C[C@@H]3C2)NC(c2nccs2)=N[C@H]1c1ccc(F)cc1Cl. The molecule has 222 valence electrons. The van der Waals surface area contributed by atoms with E-state index in [9.17, 15) is 23.9 Å². The molecule has 14 heteroatoms. The van der Waals surface area contributed by atoms with Gasteiger partial charge in [-0.1, -0.05) is 17.7 Å². The number of ether oxygens (including phenoxy) is 1. The predicted molar refractivity (Wildman–Crippen MR) is 153 cm³/mol. The number of nitrogens with one attached hydrogen (secondary N) is 1. The quantitative estimate of drug-likeness (QED) is 0.454. The second kappa shape index (κ2) is 11.6. The number of fused-ring (bicyclic) bond motifs is 1. The standard InChI is InChI=1S/C28H30ClFN6O5S/c1-41-27(39)22-21(32-24(25-31-6-9-42-25)33-23(22)19-5-3-16(30)11-20(19)29)14-34-7-8-35-18(12-34)13-36(28(35)40)17-4-2-15(10-17)26(37)38/h3,5-6,9,11,15,17-18,23H,2,4,7-8,10,12-14H2,1H3,(H,32,33)(H,37,38)/t15-,17+,18+,23+/m1/s1. The Balaban J connectivity index is 1.26. The number of rotatable bonds is 7. The lowest BCUT2D eigenvalue weighted by molar-refractivity contribution is -0.141. The van der Waals surface area contributed by atoms with Crippen molar-refractivity contribution in [2.24, 2.45) is 10.9 Å². The Labute approximate surface area is 250 Å². The van der Waals surface area contributed by atoms with Crippen molar-refractivity contribution in [2.75, 3.05) is 39.8 Å². The van der Waals surface area contributed by atoms with E-state index in [1.54, 1.807) is 6.20 Å². The number of aliphatic carboxylic acids is 1. The van der Waals surface area contributed by atoms with Crippen molar-refractivity contribution in [3.05, 3.63) is 62.5 Å². The second-order valence-corrected chi connectivity index (χ2v) is 12.2. The fraction of sp³-hybridized carbons (Fsp3) is 0.464.